The lowest BCUT2D eigenvalue weighted by atomic mass is 10.1. The molecule has 1 aliphatic rings. The maximum Gasteiger partial charge on any atom is 0.338 e. The second-order valence-corrected chi connectivity index (χ2v) is 6.63. The first kappa shape index (κ1) is 19.9. The van der Waals surface area contributed by atoms with E-state index in [4.69, 9.17) is 14.2 Å². The van der Waals surface area contributed by atoms with Gasteiger partial charge in [-0.3, -0.25) is 4.79 Å². The van der Waals surface area contributed by atoms with Gasteiger partial charge in [-0.05, 0) is 49.1 Å². The maximum absolute atomic E-state index is 12.1. The minimum Gasteiger partial charge on any atom is -0.491 e. The zero-order valence-electron chi connectivity index (χ0n) is 15.8. The summed E-state index contributed by atoms with van der Waals surface area (Å²) in [6, 6.07) is 16.5. The van der Waals surface area contributed by atoms with Gasteiger partial charge in [0.05, 0.1) is 11.7 Å². The number of esters is 1. The van der Waals surface area contributed by atoms with Crippen molar-refractivity contribution in [3.63, 3.8) is 0 Å². The molecular formula is C22H25NO5. The summed E-state index contributed by atoms with van der Waals surface area (Å²) in [7, 11) is 0. The molecule has 0 aromatic heterocycles. The molecule has 1 fully saturated rings. The van der Waals surface area contributed by atoms with Crippen molar-refractivity contribution in [1.82, 2.24) is 5.32 Å². The minimum atomic E-state index is -0.538. The van der Waals surface area contributed by atoms with Crippen LogP contribution < -0.4 is 10.1 Å². The number of amides is 1. The van der Waals surface area contributed by atoms with Crippen molar-refractivity contribution in [2.24, 2.45) is 0 Å². The lowest BCUT2D eigenvalue weighted by molar-refractivity contribution is -0.124. The topological polar surface area (TPSA) is 73.9 Å². The van der Waals surface area contributed by atoms with Crippen LogP contribution >= 0.6 is 0 Å². The number of rotatable bonds is 9. The van der Waals surface area contributed by atoms with E-state index in [2.05, 4.69) is 5.32 Å². The second kappa shape index (κ2) is 10.5. The Balaban J connectivity index is 1.35. The molecule has 0 saturated carbocycles. The SMILES string of the molecule is O=C(COC(=O)c1ccc(OCC2CCCO2)cc1)NCCc1ccccc1. The van der Waals surface area contributed by atoms with Crippen LogP contribution in [0.2, 0.25) is 0 Å². The summed E-state index contributed by atoms with van der Waals surface area (Å²) in [6.07, 6.45) is 2.95. The lowest BCUT2D eigenvalue weighted by Crippen LogP contribution is -2.30. The Morgan fingerprint density at radius 1 is 1.07 bits per heavy atom. The summed E-state index contributed by atoms with van der Waals surface area (Å²) >= 11 is 0. The number of ether oxygens (including phenoxy) is 3. The fourth-order valence-corrected chi connectivity index (χ4v) is 2.91. The Morgan fingerprint density at radius 3 is 2.57 bits per heavy atom. The van der Waals surface area contributed by atoms with Gasteiger partial charge >= 0.3 is 5.97 Å². The number of benzene rings is 2. The van der Waals surface area contributed by atoms with Crippen LogP contribution in [-0.4, -0.2) is 44.3 Å². The van der Waals surface area contributed by atoms with Crippen LogP contribution in [0, 0.1) is 0 Å². The molecule has 0 bridgehead atoms. The summed E-state index contributed by atoms with van der Waals surface area (Å²) in [6.45, 7) is 1.49. The van der Waals surface area contributed by atoms with E-state index in [1.807, 2.05) is 30.3 Å². The molecule has 0 spiro atoms. The average Bonchev–Trinajstić information content (AvgIpc) is 3.25. The van der Waals surface area contributed by atoms with Crippen molar-refractivity contribution in [2.75, 3.05) is 26.4 Å². The molecule has 1 aliphatic heterocycles. The molecule has 0 radical (unpaired) electrons. The summed E-state index contributed by atoms with van der Waals surface area (Å²) in [5.41, 5.74) is 1.52. The van der Waals surface area contributed by atoms with Gasteiger partial charge in [-0.15, -0.1) is 0 Å². The van der Waals surface area contributed by atoms with Gasteiger partial charge in [0.2, 0.25) is 0 Å². The first-order valence-corrected chi connectivity index (χ1v) is 9.53. The van der Waals surface area contributed by atoms with E-state index in [1.165, 1.54) is 0 Å². The smallest absolute Gasteiger partial charge is 0.338 e. The normalized spacial score (nSPS) is 15.8. The molecule has 1 N–H and O–H groups in total. The Bertz CT molecular complexity index is 754. The lowest BCUT2D eigenvalue weighted by Gasteiger charge is -2.11. The van der Waals surface area contributed by atoms with Crippen LogP contribution in [0.4, 0.5) is 0 Å². The summed E-state index contributed by atoms with van der Waals surface area (Å²) in [5.74, 6) is -0.185. The molecule has 148 valence electrons. The zero-order valence-corrected chi connectivity index (χ0v) is 15.8. The van der Waals surface area contributed by atoms with Crippen LogP contribution in [0.25, 0.3) is 0 Å². The van der Waals surface area contributed by atoms with E-state index in [0.717, 1.165) is 31.4 Å². The average molecular weight is 383 g/mol. The monoisotopic (exact) mass is 383 g/mol. The number of carbonyl (C=O) groups excluding carboxylic acids is 2. The Kier molecular flexibility index (Phi) is 7.44. The predicted octanol–water partition coefficient (Wildman–Crippen LogP) is 2.76. The summed E-state index contributed by atoms with van der Waals surface area (Å²) < 4.78 is 16.2. The van der Waals surface area contributed by atoms with E-state index in [1.54, 1.807) is 24.3 Å². The van der Waals surface area contributed by atoms with Crippen LogP contribution in [0.5, 0.6) is 5.75 Å². The van der Waals surface area contributed by atoms with Gasteiger partial charge in [0, 0.05) is 13.2 Å². The van der Waals surface area contributed by atoms with E-state index in [9.17, 15) is 9.59 Å². The first-order valence-electron chi connectivity index (χ1n) is 9.53. The Labute approximate surface area is 164 Å². The molecule has 3 rings (SSSR count). The van der Waals surface area contributed by atoms with Gasteiger partial charge in [0.1, 0.15) is 12.4 Å². The molecule has 0 aliphatic carbocycles. The van der Waals surface area contributed by atoms with E-state index >= 15 is 0 Å². The van der Waals surface area contributed by atoms with Crippen molar-refractivity contribution in [3.8, 4) is 5.75 Å². The van der Waals surface area contributed by atoms with Crippen LogP contribution in [0.15, 0.2) is 54.6 Å². The van der Waals surface area contributed by atoms with E-state index < -0.39 is 5.97 Å². The quantitative estimate of drug-likeness (QED) is 0.674. The van der Waals surface area contributed by atoms with Crippen molar-refractivity contribution >= 4 is 11.9 Å². The Hall–Kier alpha value is -2.86. The van der Waals surface area contributed by atoms with Crippen molar-refractivity contribution in [3.05, 3.63) is 65.7 Å². The third-order valence-electron chi connectivity index (χ3n) is 4.46. The molecule has 2 aromatic carbocycles. The van der Waals surface area contributed by atoms with Crippen molar-refractivity contribution in [1.29, 1.82) is 0 Å². The van der Waals surface area contributed by atoms with Crippen LogP contribution in [-0.2, 0) is 20.7 Å². The molecule has 6 nitrogen and oxygen atoms in total. The van der Waals surface area contributed by atoms with Gasteiger partial charge in [-0.25, -0.2) is 4.79 Å². The second-order valence-electron chi connectivity index (χ2n) is 6.63. The van der Waals surface area contributed by atoms with Crippen molar-refractivity contribution in [2.45, 2.75) is 25.4 Å². The number of carbonyl (C=O) groups is 2. The highest BCUT2D eigenvalue weighted by Gasteiger charge is 2.16. The first-order chi connectivity index (χ1) is 13.7. The van der Waals surface area contributed by atoms with Crippen LogP contribution in [0.3, 0.4) is 0 Å². The highest BCUT2D eigenvalue weighted by atomic mass is 16.5. The molecule has 2 aromatic rings. The fourth-order valence-electron chi connectivity index (χ4n) is 2.91. The number of nitrogens with one attached hydrogen (secondary N) is 1. The molecular weight excluding hydrogens is 358 g/mol. The van der Waals surface area contributed by atoms with Gasteiger partial charge in [-0.2, -0.15) is 0 Å². The fraction of sp³-hybridized carbons (Fsp3) is 0.364. The highest BCUT2D eigenvalue weighted by Crippen LogP contribution is 2.17. The van der Waals surface area contributed by atoms with Gasteiger partial charge in [0.15, 0.2) is 6.61 Å². The Morgan fingerprint density at radius 2 is 1.86 bits per heavy atom. The molecule has 1 amide bonds. The van der Waals surface area contributed by atoms with Gasteiger partial charge < -0.3 is 19.5 Å². The van der Waals surface area contributed by atoms with Crippen molar-refractivity contribution < 1.29 is 23.8 Å². The van der Waals surface area contributed by atoms with Gasteiger partial charge in [0.25, 0.3) is 5.91 Å². The minimum absolute atomic E-state index is 0.144. The van der Waals surface area contributed by atoms with Crippen LogP contribution in [0.1, 0.15) is 28.8 Å². The van der Waals surface area contributed by atoms with Gasteiger partial charge in [-0.1, -0.05) is 30.3 Å². The molecule has 6 heteroatoms. The zero-order chi connectivity index (χ0) is 19.6. The third-order valence-corrected chi connectivity index (χ3v) is 4.46. The van der Waals surface area contributed by atoms with E-state index in [0.29, 0.717) is 24.5 Å². The molecule has 1 heterocycles. The number of hydrogen-bond acceptors (Lipinski definition) is 5. The molecule has 28 heavy (non-hydrogen) atoms. The maximum atomic E-state index is 12.1. The predicted molar refractivity (Wildman–Crippen MR) is 104 cm³/mol. The summed E-state index contributed by atoms with van der Waals surface area (Å²) in [5, 5.41) is 2.74. The molecule has 1 atom stereocenters. The number of hydrogen-bond donors (Lipinski definition) is 1. The van der Waals surface area contributed by atoms with E-state index in [-0.39, 0.29) is 18.6 Å². The molecule has 1 unspecified atom stereocenters. The summed E-state index contributed by atoms with van der Waals surface area (Å²) in [4.78, 5) is 23.9. The standard InChI is InChI=1S/C22H25NO5/c24-21(23-13-12-17-5-2-1-3-6-17)16-28-22(25)18-8-10-19(11-9-18)27-15-20-7-4-14-26-20/h1-3,5-6,8-11,20H,4,7,12-16H2,(H,23,24). The molecule has 1 saturated heterocycles. The highest BCUT2D eigenvalue weighted by molar-refractivity contribution is 5.91. The largest absolute Gasteiger partial charge is 0.491 e. The third kappa shape index (κ3) is 6.39.